The summed E-state index contributed by atoms with van der Waals surface area (Å²) in [5, 5.41) is 11.7. The summed E-state index contributed by atoms with van der Waals surface area (Å²) >= 11 is 3.02. The number of carboxylic acid groups (broad SMARTS) is 1. The number of nitrogens with zero attached hydrogens (tertiary/aromatic N) is 2. The highest BCUT2D eigenvalue weighted by molar-refractivity contribution is 8.00. The minimum atomic E-state index is -0.877. The summed E-state index contributed by atoms with van der Waals surface area (Å²) in [6, 6.07) is 0. The number of aryl methyl sites for hydroxylation is 1. The fraction of sp³-hybridized carbons (Fsp3) is 0.462. The minimum Gasteiger partial charge on any atom is -0.477 e. The Balaban J connectivity index is 2.06. The maximum atomic E-state index is 11.2. The molecule has 0 aromatic carbocycles. The summed E-state index contributed by atoms with van der Waals surface area (Å²) in [4.78, 5) is 20.9. The zero-order valence-corrected chi connectivity index (χ0v) is 12.2. The van der Waals surface area contributed by atoms with Crippen LogP contribution >= 0.6 is 23.1 Å². The van der Waals surface area contributed by atoms with Gasteiger partial charge in [0.1, 0.15) is 21.1 Å². The number of rotatable bonds is 3. The van der Waals surface area contributed by atoms with Crippen LogP contribution in [0, 0.1) is 6.92 Å². The average Bonchev–Trinajstić information content (AvgIpc) is 2.98. The summed E-state index contributed by atoms with van der Waals surface area (Å²) in [6.07, 6.45) is 6.57. The van der Waals surface area contributed by atoms with Gasteiger partial charge < -0.3 is 5.11 Å². The van der Waals surface area contributed by atoms with Gasteiger partial charge in [0.2, 0.25) is 0 Å². The Bertz CT molecular complexity index is 633. The number of fused-ring (bicyclic) bond motifs is 1. The lowest BCUT2D eigenvalue weighted by molar-refractivity contribution is 0.0701. The molecule has 3 rings (SSSR count). The van der Waals surface area contributed by atoms with Crippen molar-refractivity contribution in [3.8, 4) is 0 Å². The first-order valence-corrected chi connectivity index (χ1v) is 8.00. The summed E-state index contributed by atoms with van der Waals surface area (Å²) in [5.74, 6) is -0.877. The molecule has 0 aliphatic heterocycles. The van der Waals surface area contributed by atoms with Crippen LogP contribution < -0.4 is 0 Å². The molecule has 2 heterocycles. The molecule has 6 heteroatoms. The van der Waals surface area contributed by atoms with Crippen LogP contribution in [0.1, 0.15) is 40.9 Å². The van der Waals surface area contributed by atoms with E-state index in [-0.39, 0.29) is 0 Å². The highest BCUT2D eigenvalue weighted by Gasteiger charge is 2.22. The van der Waals surface area contributed by atoms with E-state index >= 15 is 0 Å². The first-order valence-electron chi connectivity index (χ1n) is 6.31. The highest BCUT2D eigenvalue weighted by atomic mass is 32.2. The van der Waals surface area contributed by atoms with Crippen LogP contribution in [0.4, 0.5) is 0 Å². The number of carboxylic acids is 1. The van der Waals surface area contributed by atoms with E-state index < -0.39 is 5.97 Å². The lowest BCUT2D eigenvalue weighted by Crippen LogP contribution is -1.97. The molecule has 0 bridgehead atoms. The molecular formula is C13H14N2O2S2. The number of hydrogen-bond acceptors (Lipinski definition) is 5. The number of carbonyl (C=O) groups is 1. The monoisotopic (exact) mass is 294 g/mol. The number of thioether (sulfide) groups is 1. The molecular weight excluding hydrogens is 280 g/mol. The Hall–Kier alpha value is -1.14. The third-order valence-corrected chi connectivity index (χ3v) is 5.99. The zero-order valence-electron chi connectivity index (χ0n) is 10.5. The molecule has 0 unspecified atom stereocenters. The van der Waals surface area contributed by atoms with Gasteiger partial charge in [0.15, 0.2) is 0 Å². The van der Waals surface area contributed by atoms with Gasteiger partial charge in [-0.25, -0.2) is 14.8 Å². The van der Waals surface area contributed by atoms with Crippen molar-refractivity contribution in [3.63, 3.8) is 0 Å². The van der Waals surface area contributed by atoms with Gasteiger partial charge in [-0.3, -0.25) is 0 Å². The largest absolute Gasteiger partial charge is 0.477 e. The van der Waals surface area contributed by atoms with Crippen molar-refractivity contribution < 1.29 is 9.90 Å². The second-order valence-corrected chi connectivity index (χ2v) is 7.03. The average molecular weight is 294 g/mol. The van der Waals surface area contributed by atoms with Crippen molar-refractivity contribution in [1.82, 2.24) is 9.97 Å². The second-order valence-electron chi connectivity index (χ2n) is 4.74. The Labute approximate surface area is 119 Å². The second kappa shape index (κ2) is 5.09. The van der Waals surface area contributed by atoms with Gasteiger partial charge in [0.25, 0.3) is 0 Å². The Morgan fingerprint density at radius 1 is 1.42 bits per heavy atom. The molecule has 0 saturated heterocycles. The maximum Gasteiger partial charge on any atom is 0.346 e. The van der Waals surface area contributed by atoms with Crippen LogP contribution in [0.3, 0.4) is 0 Å². The van der Waals surface area contributed by atoms with Gasteiger partial charge in [-0.1, -0.05) is 12.8 Å². The van der Waals surface area contributed by atoms with E-state index in [4.69, 9.17) is 0 Å². The van der Waals surface area contributed by atoms with E-state index in [1.165, 1.54) is 37.0 Å². The van der Waals surface area contributed by atoms with Crippen LogP contribution in [0.15, 0.2) is 11.4 Å². The van der Waals surface area contributed by atoms with E-state index in [0.29, 0.717) is 10.1 Å². The number of aromatic nitrogens is 2. The quantitative estimate of drug-likeness (QED) is 0.874. The predicted molar refractivity (Wildman–Crippen MR) is 77.2 cm³/mol. The molecule has 2 aromatic rings. The van der Waals surface area contributed by atoms with Crippen molar-refractivity contribution >= 4 is 39.3 Å². The van der Waals surface area contributed by atoms with Crippen LogP contribution in [0.5, 0.6) is 0 Å². The molecule has 1 saturated carbocycles. The first-order chi connectivity index (χ1) is 9.16. The molecule has 19 heavy (non-hydrogen) atoms. The molecule has 0 atom stereocenters. The van der Waals surface area contributed by atoms with Gasteiger partial charge in [-0.05, 0) is 25.3 Å². The van der Waals surface area contributed by atoms with E-state index in [2.05, 4.69) is 9.97 Å². The molecule has 0 amide bonds. The fourth-order valence-corrected chi connectivity index (χ4v) is 4.91. The summed E-state index contributed by atoms with van der Waals surface area (Å²) in [5.41, 5.74) is 0.800. The van der Waals surface area contributed by atoms with Gasteiger partial charge in [0, 0.05) is 10.6 Å². The van der Waals surface area contributed by atoms with E-state index in [0.717, 1.165) is 20.8 Å². The topological polar surface area (TPSA) is 63.1 Å². The van der Waals surface area contributed by atoms with E-state index in [9.17, 15) is 9.90 Å². The molecule has 0 spiro atoms. The van der Waals surface area contributed by atoms with Crippen LogP contribution in [0.2, 0.25) is 0 Å². The first kappa shape index (κ1) is 12.9. The van der Waals surface area contributed by atoms with E-state index in [1.807, 2.05) is 6.92 Å². The van der Waals surface area contributed by atoms with E-state index in [1.54, 1.807) is 18.1 Å². The molecule has 1 N–H and O–H groups in total. The standard InChI is InChI=1S/C13H14N2O2S2/c1-7-9-11(18-8-4-2-3-5-8)14-6-15-12(9)19-10(7)13(16)17/h6,8H,2-5H2,1H3,(H,16,17). The molecule has 2 aromatic heterocycles. The molecule has 0 radical (unpaired) electrons. The SMILES string of the molecule is Cc1c(C(=O)O)sc2ncnc(SC3CCCC3)c12. The summed E-state index contributed by atoms with van der Waals surface area (Å²) in [7, 11) is 0. The van der Waals surface area contributed by atoms with Gasteiger partial charge >= 0.3 is 5.97 Å². The third kappa shape index (κ3) is 2.34. The van der Waals surface area contributed by atoms with Crippen molar-refractivity contribution in [1.29, 1.82) is 0 Å². The Morgan fingerprint density at radius 3 is 2.84 bits per heavy atom. The minimum absolute atomic E-state index is 0.378. The molecule has 100 valence electrons. The Morgan fingerprint density at radius 2 is 2.16 bits per heavy atom. The zero-order chi connectivity index (χ0) is 13.4. The third-order valence-electron chi connectivity index (χ3n) is 3.47. The number of aromatic carboxylic acids is 1. The van der Waals surface area contributed by atoms with Gasteiger partial charge in [-0.15, -0.1) is 23.1 Å². The lowest BCUT2D eigenvalue weighted by Gasteiger charge is -2.08. The summed E-state index contributed by atoms with van der Waals surface area (Å²) < 4.78 is 0. The van der Waals surface area contributed by atoms with Crippen LogP contribution in [-0.2, 0) is 0 Å². The van der Waals surface area contributed by atoms with Crippen molar-refractivity contribution in [3.05, 3.63) is 16.8 Å². The van der Waals surface area contributed by atoms with Gasteiger partial charge in [-0.2, -0.15) is 0 Å². The van der Waals surface area contributed by atoms with Gasteiger partial charge in [0.05, 0.1) is 0 Å². The molecule has 1 aliphatic carbocycles. The predicted octanol–water partition coefficient (Wildman–Crippen LogP) is 3.73. The lowest BCUT2D eigenvalue weighted by atomic mass is 10.2. The maximum absolute atomic E-state index is 11.2. The van der Waals surface area contributed by atoms with Crippen LogP contribution in [-0.4, -0.2) is 26.3 Å². The number of hydrogen-bond donors (Lipinski definition) is 1. The van der Waals surface area contributed by atoms with Crippen molar-refractivity contribution in [2.75, 3.05) is 0 Å². The smallest absolute Gasteiger partial charge is 0.346 e. The fourth-order valence-electron chi connectivity index (χ4n) is 2.50. The normalized spacial score (nSPS) is 16.3. The highest BCUT2D eigenvalue weighted by Crippen LogP contribution is 2.40. The molecule has 1 fully saturated rings. The molecule has 1 aliphatic rings. The summed E-state index contributed by atoms with van der Waals surface area (Å²) in [6.45, 7) is 1.85. The molecule has 4 nitrogen and oxygen atoms in total. The van der Waals surface area contributed by atoms with Crippen molar-refractivity contribution in [2.45, 2.75) is 42.9 Å². The number of thiophene rings is 1. The van der Waals surface area contributed by atoms with Crippen molar-refractivity contribution in [2.24, 2.45) is 0 Å². The van der Waals surface area contributed by atoms with Crippen LogP contribution in [0.25, 0.3) is 10.2 Å². The Kier molecular flexibility index (Phi) is 3.45.